The Kier molecular flexibility index (Phi) is 19.3. The zero-order valence-corrected chi connectivity index (χ0v) is 30.1. The zero-order chi connectivity index (χ0) is 33.7. The maximum atomic E-state index is 11.6. The molecule has 3 N–H and O–H groups in total. The normalized spacial score (nSPS) is 13.8. The first-order valence-electron chi connectivity index (χ1n) is 18.3. The number of hydrogen-bond donors (Lipinski definition) is 3. The van der Waals surface area contributed by atoms with Crippen molar-refractivity contribution in [2.45, 2.75) is 96.2 Å². The molecule has 0 radical (unpaired) electrons. The lowest BCUT2D eigenvalue weighted by Gasteiger charge is -2.42. The number of rotatable bonds is 24. The first kappa shape index (κ1) is 40.4. The molecule has 4 aromatic carbocycles. The third kappa shape index (κ3) is 14.8. The minimum atomic E-state index is -0.567. The molecule has 0 bridgehead atoms. The van der Waals surface area contributed by atoms with E-state index in [-0.39, 0.29) is 19.0 Å². The van der Waals surface area contributed by atoms with Crippen LogP contribution >= 0.6 is 0 Å². The Morgan fingerprint density at radius 2 is 0.918 bits per heavy atom. The van der Waals surface area contributed by atoms with Crippen LogP contribution in [0.15, 0.2) is 121 Å². The van der Waals surface area contributed by atoms with Gasteiger partial charge in [-0.25, -0.2) is 0 Å². The van der Waals surface area contributed by atoms with E-state index in [9.17, 15) is 15.3 Å². The van der Waals surface area contributed by atoms with E-state index in [1.165, 1.54) is 55.2 Å². The maximum absolute atomic E-state index is 11.6. The summed E-state index contributed by atoms with van der Waals surface area (Å²) in [4.78, 5) is 2.23. The largest absolute Gasteiger partial charge is 1.00 e. The van der Waals surface area contributed by atoms with E-state index in [0.29, 0.717) is 23.9 Å². The van der Waals surface area contributed by atoms with E-state index in [0.717, 1.165) is 51.0 Å². The third-order valence-corrected chi connectivity index (χ3v) is 9.74. The molecule has 0 aliphatic heterocycles. The number of benzene rings is 4. The highest BCUT2D eigenvalue weighted by Crippen LogP contribution is 2.24. The molecule has 266 valence electrons. The van der Waals surface area contributed by atoms with Gasteiger partial charge in [0.2, 0.25) is 0 Å². The molecule has 4 aromatic rings. The van der Waals surface area contributed by atoms with Crippen molar-refractivity contribution in [2.75, 3.05) is 26.2 Å². The van der Waals surface area contributed by atoms with Crippen LogP contribution in [0.1, 0.15) is 80.0 Å². The van der Waals surface area contributed by atoms with E-state index in [1.54, 1.807) is 0 Å². The summed E-state index contributed by atoms with van der Waals surface area (Å²) >= 11 is 0. The minimum absolute atomic E-state index is 0. The van der Waals surface area contributed by atoms with Crippen LogP contribution in [0.5, 0.6) is 0 Å². The summed E-state index contributed by atoms with van der Waals surface area (Å²) < 4.78 is 0.497. The van der Waals surface area contributed by atoms with Gasteiger partial charge in [-0.3, -0.25) is 9.38 Å². The van der Waals surface area contributed by atoms with E-state index >= 15 is 0 Å². The van der Waals surface area contributed by atoms with Crippen molar-refractivity contribution in [1.29, 1.82) is 0 Å². The van der Waals surface area contributed by atoms with Gasteiger partial charge in [0.15, 0.2) is 6.23 Å². The van der Waals surface area contributed by atoms with Crippen molar-refractivity contribution in [3.8, 4) is 0 Å². The van der Waals surface area contributed by atoms with E-state index < -0.39 is 12.5 Å². The van der Waals surface area contributed by atoms with Crippen LogP contribution in [-0.2, 0) is 25.9 Å². The Bertz CT molecular complexity index is 1360. The minimum Gasteiger partial charge on any atom is -1.00 e. The molecule has 49 heavy (non-hydrogen) atoms. The monoisotopic (exact) mass is 686 g/mol. The first-order chi connectivity index (χ1) is 23.6. The van der Waals surface area contributed by atoms with Gasteiger partial charge in [-0.15, -0.1) is 0 Å². The van der Waals surface area contributed by atoms with Gasteiger partial charge >= 0.3 is 0 Å². The summed E-state index contributed by atoms with van der Waals surface area (Å²) in [5.74, 6) is 0. The molecule has 0 spiro atoms. The highest BCUT2D eigenvalue weighted by Gasteiger charge is 2.35. The van der Waals surface area contributed by atoms with Crippen molar-refractivity contribution in [3.05, 3.63) is 144 Å². The van der Waals surface area contributed by atoms with Crippen LogP contribution in [0.2, 0.25) is 0 Å². The fourth-order valence-electron chi connectivity index (χ4n) is 6.92. The van der Waals surface area contributed by atoms with E-state index in [4.69, 9.17) is 0 Å². The summed E-state index contributed by atoms with van der Waals surface area (Å²) in [6.45, 7) is 3.86. The van der Waals surface area contributed by atoms with Crippen molar-refractivity contribution in [3.63, 3.8) is 0 Å². The molecule has 3 unspecified atom stereocenters. The summed E-state index contributed by atoms with van der Waals surface area (Å²) in [6.07, 6.45) is 10.8. The second kappa shape index (κ2) is 23.4. The van der Waals surface area contributed by atoms with Gasteiger partial charge in [0.1, 0.15) is 19.3 Å². The molecule has 4 rings (SSSR count). The molecule has 0 saturated carbocycles. The summed E-state index contributed by atoms with van der Waals surface area (Å²) in [5.41, 5.74) is 4.74. The molecule has 0 aromatic heterocycles. The van der Waals surface area contributed by atoms with Crippen LogP contribution in [-0.4, -0.2) is 63.4 Å². The fourth-order valence-corrected chi connectivity index (χ4v) is 6.92. The predicted molar refractivity (Wildman–Crippen MR) is 198 cm³/mol. The first-order valence-corrected chi connectivity index (χ1v) is 18.3. The van der Waals surface area contributed by atoms with Crippen LogP contribution in [0.3, 0.4) is 0 Å². The van der Waals surface area contributed by atoms with E-state index in [2.05, 4.69) is 77.7 Å². The van der Waals surface area contributed by atoms with Crippen molar-refractivity contribution < 1.29 is 32.2 Å². The molecular weight excluding hydrogens is 628 g/mol. The zero-order valence-electron chi connectivity index (χ0n) is 29.3. The molecule has 5 nitrogen and oxygen atoms in total. The standard InChI is InChI=1S/C43H59N2O3.ClH/c46-33-32-45(37-41-28-18-11-19-29-41,43(48)35-39-24-14-9-15-25-39)31-21-7-5-3-1-2-4-6-20-30-44(36-40-26-16-10-17-27-40)42(47)34-38-22-12-8-13-23-38;/h8-19,22-29,42-43,46-48H,1-7,20-21,30-37H2;1H/q+1;/p-1. The Hall–Kier alpha value is -3.03. The molecule has 0 aliphatic rings. The lowest BCUT2D eigenvalue weighted by atomic mass is 10.0. The summed E-state index contributed by atoms with van der Waals surface area (Å²) in [6, 6.07) is 41.4. The van der Waals surface area contributed by atoms with Crippen molar-refractivity contribution >= 4 is 0 Å². The number of halogens is 1. The number of unbranched alkanes of at least 4 members (excludes halogenated alkanes) is 8. The predicted octanol–water partition coefficient (Wildman–Crippen LogP) is 5.14. The van der Waals surface area contributed by atoms with Crippen LogP contribution in [0, 0.1) is 0 Å². The second-order valence-corrected chi connectivity index (χ2v) is 13.5. The summed E-state index contributed by atoms with van der Waals surface area (Å²) in [7, 11) is 0. The maximum Gasteiger partial charge on any atom is 0.194 e. The SMILES string of the molecule is OCC[N+](CCCCCCCCCCCN(Cc1ccccc1)C(O)Cc1ccccc1)(Cc1ccccc1)C(O)Cc1ccccc1.[Cl-]. The summed E-state index contributed by atoms with van der Waals surface area (Å²) in [5, 5.41) is 32.8. The Balaban J connectivity index is 0.00000650. The molecule has 6 heteroatoms. The average Bonchev–Trinajstić information content (AvgIpc) is 3.11. The van der Waals surface area contributed by atoms with Gasteiger partial charge in [-0.05, 0) is 36.0 Å². The number of aliphatic hydroxyl groups is 3. The van der Waals surface area contributed by atoms with E-state index in [1.807, 2.05) is 48.5 Å². The van der Waals surface area contributed by atoms with Crippen LogP contribution in [0.4, 0.5) is 0 Å². The molecule has 0 saturated heterocycles. The molecule has 0 fully saturated rings. The number of quaternary nitrogens is 1. The Labute approximate surface area is 302 Å². The van der Waals surface area contributed by atoms with Crippen LogP contribution in [0.25, 0.3) is 0 Å². The highest BCUT2D eigenvalue weighted by atomic mass is 35.5. The van der Waals surface area contributed by atoms with Gasteiger partial charge in [0, 0.05) is 25.1 Å². The Morgan fingerprint density at radius 3 is 1.43 bits per heavy atom. The number of aliphatic hydroxyl groups excluding tert-OH is 3. The van der Waals surface area contributed by atoms with Crippen molar-refractivity contribution in [1.82, 2.24) is 4.90 Å². The van der Waals surface area contributed by atoms with Gasteiger partial charge in [0.25, 0.3) is 0 Å². The van der Waals surface area contributed by atoms with Crippen molar-refractivity contribution in [2.24, 2.45) is 0 Å². The average molecular weight is 687 g/mol. The lowest BCUT2D eigenvalue weighted by molar-refractivity contribution is -0.983. The topological polar surface area (TPSA) is 63.9 Å². The Morgan fingerprint density at radius 1 is 0.490 bits per heavy atom. The molecule has 0 aliphatic carbocycles. The second-order valence-electron chi connectivity index (χ2n) is 13.5. The van der Waals surface area contributed by atoms with Gasteiger partial charge in [0.05, 0.1) is 19.6 Å². The molecule has 3 atom stereocenters. The smallest absolute Gasteiger partial charge is 0.194 e. The molecule has 0 amide bonds. The lowest BCUT2D eigenvalue weighted by Crippen LogP contribution is -3.00. The molecule has 0 heterocycles. The fraction of sp³-hybridized carbons (Fsp3) is 0.442. The third-order valence-electron chi connectivity index (χ3n) is 9.74. The van der Waals surface area contributed by atoms with Gasteiger partial charge in [-0.1, -0.05) is 160 Å². The molecular formula is C43H59ClN2O3. The number of nitrogens with zero attached hydrogens (tertiary/aromatic N) is 2. The van der Waals surface area contributed by atoms with Crippen LogP contribution < -0.4 is 12.4 Å². The van der Waals surface area contributed by atoms with Gasteiger partial charge in [-0.2, -0.15) is 0 Å². The number of hydrogen-bond acceptors (Lipinski definition) is 4. The highest BCUT2D eigenvalue weighted by molar-refractivity contribution is 5.18. The van der Waals surface area contributed by atoms with Gasteiger partial charge < -0.3 is 27.7 Å². The quantitative estimate of drug-likeness (QED) is 0.0544.